The normalized spacial score (nSPS) is 18.2. The summed E-state index contributed by atoms with van der Waals surface area (Å²) in [6.45, 7) is 1.98. The lowest BCUT2D eigenvalue weighted by molar-refractivity contribution is -0.245. The topological polar surface area (TPSA) is 111 Å². The Morgan fingerprint density at radius 1 is 0.909 bits per heavy atom. The molecule has 2 heterocycles. The summed E-state index contributed by atoms with van der Waals surface area (Å²) >= 11 is 1.55. The molecule has 44 heavy (non-hydrogen) atoms. The van der Waals surface area contributed by atoms with Crippen molar-refractivity contribution in [2.45, 2.75) is 50.2 Å². The number of carbonyl (C=O) groups excluding carboxylic acids is 1. The molecule has 1 aliphatic heterocycles. The quantitative estimate of drug-likeness (QED) is 0.192. The Hall–Kier alpha value is -4.35. The van der Waals surface area contributed by atoms with Crippen molar-refractivity contribution in [1.29, 1.82) is 0 Å². The second kappa shape index (κ2) is 14.0. The first-order valence-electron chi connectivity index (χ1n) is 14.5. The second-order valence-corrected chi connectivity index (χ2v) is 11.6. The number of para-hydroxylation sites is 1. The lowest BCUT2D eigenvalue weighted by Crippen LogP contribution is -2.31. The van der Waals surface area contributed by atoms with Crippen LogP contribution in [0, 0.1) is 0 Å². The summed E-state index contributed by atoms with van der Waals surface area (Å²) in [5.41, 5.74) is 6.78. The van der Waals surface area contributed by atoms with Gasteiger partial charge in [0.15, 0.2) is 6.29 Å². The summed E-state index contributed by atoms with van der Waals surface area (Å²) in [6.07, 6.45) is -0.294. The highest BCUT2D eigenvalue weighted by atomic mass is 32.2. The third-order valence-electron chi connectivity index (χ3n) is 7.42. The minimum absolute atomic E-state index is 0.00819. The number of nitrogens with zero attached hydrogens (tertiary/aromatic N) is 4. The molecule has 224 valence electrons. The molecule has 6 rings (SSSR count). The summed E-state index contributed by atoms with van der Waals surface area (Å²) in [6, 6.07) is 34.0. The van der Waals surface area contributed by atoms with Crippen LogP contribution in [-0.2, 0) is 27.4 Å². The van der Waals surface area contributed by atoms with E-state index in [2.05, 4.69) is 45.1 Å². The van der Waals surface area contributed by atoms with Crippen LogP contribution in [0.25, 0.3) is 16.8 Å². The Kier molecular flexibility index (Phi) is 9.43. The van der Waals surface area contributed by atoms with Gasteiger partial charge in [0.2, 0.25) is 11.1 Å². The molecular formula is C34H33N5O4S. The van der Waals surface area contributed by atoms with Gasteiger partial charge in [0.1, 0.15) is 0 Å². The number of ether oxygens (including phenoxy) is 2. The van der Waals surface area contributed by atoms with Crippen molar-refractivity contribution in [2.75, 3.05) is 5.75 Å². The first kappa shape index (κ1) is 29.7. The fourth-order valence-corrected chi connectivity index (χ4v) is 6.05. The average Bonchev–Trinajstić information content (AvgIpc) is 3.56. The van der Waals surface area contributed by atoms with E-state index in [1.54, 1.807) is 16.4 Å². The smallest absolute Gasteiger partial charge is 0.217 e. The summed E-state index contributed by atoms with van der Waals surface area (Å²) in [5.74, 6) is 0.567. The van der Waals surface area contributed by atoms with Crippen LogP contribution < -0.4 is 5.32 Å². The zero-order valence-corrected chi connectivity index (χ0v) is 25.1. The van der Waals surface area contributed by atoms with Crippen molar-refractivity contribution in [3.05, 3.63) is 125 Å². The van der Waals surface area contributed by atoms with Crippen LogP contribution in [0.2, 0.25) is 0 Å². The van der Waals surface area contributed by atoms with Gasteiger partial charge in [-0.3, -0.25) is 4.79 Å². The van der Waals surface area contributed by atoms with Crippen LogP contribution in [0.4, 0.5) is 0 Å². The molecule has 0 bridgehead atoms. The Bertz CT molecular complexity index is 1700. The first-order valence-corrected chi connectivity index (χ1v) is 15.4. The van der Waals surface area contributed by atoms with E-state index in [0.29, 0.717) is 23.9 Å². The standard InChI is InChI=1S/C34H33N5O4S/c1-23(41)35-20-25-7-5-8-27(17-25)28-9-6-10-29(18-28)33-42-31(19-32(43-33)26-15-13-24(21-40)14-16-26)22-44-34-36-37-38-39(34)30-11-3-2-4-12-30/h2-18,31-33,40H,19-22H2,1H3,(H,35,41)/t31-,32+,33+/m0/s1. The summed E-state index contributed by atoms with van der Waals surface area (Å²) < 4.78 is 14.9. The van der Waals surface area contributed by atoms with Gasteiger partial charge in [0, 0.05) is 31.2 Å². The lowest BCUT2D eigenvalue weighted by Gasteiger charge is -2.36. The van der Waals surface area contributed by atoms with Crippen molar-refractivity contribution >= 4 is 17.7 Å². The van der Waals surface area contributed by atoms with E-state index >= 15 is 0 Å². The van der Waals surface area contributed by atoms with Crippen LogP contribution >= 0.6 is 11.8 Å². The molecule has 0 spiro atoms. The molecule has 9 nitrogen and oxygen atoms in total. The molecule has 1 amide bonds. The number of nitrogens with one attached hydrogen (secondary N) is 1. The first-order chi connectivity index (χ1) is 21.6. The lowest BCUT2D eigenvalue weighted by atomic mass is 9.99. The Labute approximate surface area is 260 Å². The van der Waals surface area contributed by atoms with Gasteiger partial charge in [-0.2, -0.15) is 4.68 Å². The Balaban J connectivity index is 1.24. The van der Waals surface area contributed by atoms with E-state index < -0.39 is 6.29 Å². The molecule has 1 fully saturated rings. The van der Waals surface area contributed by atoms with Gasteiger partial charge < -0.3 is 19.9 Å². The van der Waals surface area contributed by atoms with Crippen molar-refractivity contribution in [3.8, 4) is 16.8 Å². The third kappa shape index (κ3) is 7.23. The van der Waals surface area contributed by atoms with Crippen molar-refractivity contribution in [3.63, 3.8) is 0 Å². The highest BCUT2D eigenvalue weighted by Crippen LogP contribution is 2.40. The van der Waals surface area contributed by atoms with E-state index in [-0.39, 0.29) is 24.7 Å². The molecular weight excluding hydrogens is 574 g/mol. The van der Waals surface area contributed by atoms with Crippen LogP contribution in [-0.4, -0.2) is 43.1 Å². The van der Waals surface area contributed by atoms with E-state index in [9.17, 15) is 9.90 Å². The zero-order chi connectivity index (χ0) is 30.3. The molecule has 4 aromatic carbocycles. The van der Waals surface area contributed by atoms with E-state index in [0.717, 1.165) is 39.1 Å². The maximum atomic E-state index is 11.4. The SMILES string of the molecule is CC(=O)NCc1cccc(-c2cccc([C@@H]3O[C@H](CSc4nnnn4-c4ccccc4)C[C@H](c4ccc(CO)cc4)O3)c2)c1. The third-order valence-corrected chi connectivity index (χ3v) is 8.47. The summed E-state index contributed by atoms with van der Waals surface area (Å²) in [7, 11) is 0. The number of benzene rings is 4. The number of tetrazole rings is 1. The minimum atomic E-state index is -0.593. The van der Waals surface area contributed by atoms with Crippen LogP contribution in [0.1, 0.15) is 48.0 Å². The molecule has 2 N–H and O–H groups in total. The average molecular weight is 608 g/mol. The number of thioether (sulfide) groups is 1. The van der Waals surface area contributed by atoms with E-state index in [4.69, 9.17) is 9.47 Å². The van der Waals surface area contributed by atoms with Gasteiger partial charge in [-0.25, -0.2) is 0 Å². The number of aromatic nitrogens is 4. The van der Waals surface area contributed by atoms with Gasteiger partial charge in [0.25, 0.3) is 0 Å². The number of aliphatic hydroxyl groups is 1. The minimum Gasteiger partial charge on any atom is -0.392 e. The maximum absolute atomic E-state index is 11.4. The molecule has 0 unspecified atom stereocenters. The predicted molar refractivity (Wildman–Crippen MR) is 168 cm³/mol. The molecule has 5 aromatic rings. The highest BCUT2D eigenvalue weighted by molar-refractivity contribution is 7.99. The van der Waals surface area contributed by atoms with Crippen molar-refractivity contribution in [2.24, 2.45) is 0 Å². The molecule has 10 heteroatoms. The second-order valence-electron chi connectivity index (χ2n) is 10.6. The number of amides is 1. The molecule has 1 aliphatic rings. The predicted octanol–water partition coefficient (Wildman–Crippen LogP) is 5.80. The molecule has 1 saturated heterocycles. The van der Waals surface area contributed by atoms with Gasteiger partial charge in [-0.15, -0.1) is 5.10 Å². The van der Waals surface area contributed by atoms with E-state index in [1.165, 1.54) is 6.92 Å². The fraction of sp³-hybridized carbons (Fsp3) is 0.235. The van der Waals surface area contributed by atoms with E-state index in [1.807, 2.05) is 78.9 Å². The largest absolute Gasteiger partial charge is 0.392 e. The Morgan fingerprint density at radius 3 is 2.45 bits per heavy atom. The number of carbonyl (C=O) groups is 1. The summed E-state index contributed by atoms with van der Waals surface area (Å²) in [4.78, 5) is 11.4. The van der Waals surface area contributed by atoms with Crippen molar-refractivity contribution in [1.82, 2.24) is 25.5 Å². The Morgan fingerprint density at radius 2 is 1.68 bits per heavy atom. The molecule has 0 radical (unpaired) electrons. The number of rotatable bonds is 10. The van der Waals surface area contributed by atoms with Crippen molar-refractivity contribution < 1.29 is 19.4 Å². The number of aliphatic hydroxyl groups excluding tert-OH is 1. The summed E-state index contributed by atoms with van der Waals surface area (Å²) in [5, 5.41) is 25.4. The fourth-order valence-electron chi connectivity index (χ4n) is 5.14. The zero-order valence-electron chi connectivity index (χ0n) is 24.2. The number of hydrogen-bond donors (Lipinski definition) is 2. The van der Waals surface area contributed by atoms with Gasteiger partial charge in [-0.05, 0) is 62.5 Å². The highest BCUT2D eigenvalue weighted by Gasteiger charge is 2.33. The molecule has 0 aliphatic carbocycles. The van der Waals surface area contributed by atoms with Gasteiger partial charge in [-0.1, -0.05) is 90.6 Å². The number of hydrogen-bond acceptors (Lipinski definition) is 8. The van der Waals surface area contributed by atoms with Crippen LogP contribution in [0.5, 0.6) is 0 Å². The molecule has 0 saturated carbocycles. The van der Waals surface area contributed by atoms with Gasteiger partial charge >= 0.3 is 0 Å². The maximum Gasteiger partial charge on any atom is 0.217 e. The van der Waals surface area contributed by atoms with Gasteiger partial charge in [0.05, 0.1) is 24.5 Å². The monoisotopic (exact) mass is 607 g/mol. The van der Waals surface area contributed by atoms with Crippen LogP contribution in [0.15, 0.2) is 108 Å². The van der Waals surface area contributed by atoms with Crippen LogP contribution in [0.3, 0.4) is 0 Å². The molecule has 3 atom stereocenters. The molecule has 1 aromatic heterocycles.